The maximum atomic E-state index is 13.8. The van der Waals surface area contributed by atoms with Crippen LogP contribution in [0.2, 0.25) is 0 Å². The molecule has 1 aromatic heterocycles. The highest BCUT2D eigenvalue weighted by molar-refractivity contribution is 5.68. The first-order chi connectivity index (χ1) is 8.97. The fourth-order valence-corrected chi connectivity index (χ4v) is 1.96. The summed E-state index contributed by atoms with van der Waals surface area (Å²) in [7, 11) is 0. The van der Waals surface area contributed by atoms with E-state index in [0.717, 1.165) is 12.1 Å². The number of benzene rings is 1. The summed E-state index contributed by atoms with van der Waals surface area (Å²) in [6.45, 7) is 1.71. The summed E-state index contributed by atoms with van der Waals surface area (Å²) in [5.74, 6) is -2.65. The average molecular weight is 266 g/mol. The number of aromatic amines is 1. The Labute approximate surface area is 108 Å². The molecule has 6 heteroatoms. The zero-order valence-corrected chi connectivity index (χ0v) is 10.2. The lowest BCUT2D eigenvalue weighted by molar-refractivity contribution is -0.137. The quantitative estimate of drug-likeness (QED) is 0.893. The van der Waals surface area contributed by atoms with Gasteiger partial charge >= 0.3 is 5.97 Å². The van der Waals surface area contributed by atoms with Gasteiger partial charge in [0.05, 0.1) is 6.42 Å². The highest BCUT2D eigenvalue weighted by Crippen LogP contribution is 2.29. The Balaban J connectivity index is 2.45. The average Bonchev–Trinajstić information content (AvgIpc) is 2.73. The number of carboxylic acid groups (broad SMARTS) is 1. The van der Waals surface area contributed by atoms with E-state index in [1.54, 1.807) is 6.92 Å². The van der Waals surface area contributed by atoms with Crippen molar-refractivity contribution in [3.63, 3.8) is 0 Å². The molecule has 0 aliphatic heterocycles. The molecule has 1 unspecified atom stereocenters. The number of carbonyl (C=O) groups is 1. The third-order valence-electron chi connectivity index (χ3n) is 2.81. The zero-order valence-electron chi connectivity index (χ0n) is 10.2. The molecule has 0 aliphatic rings. The molecule has 0 radical (unpaired) electrons. The molecule has 0 spiro atoms. The van der Waals surface area contributed by atoms with Crippen molar-refractivity contribution in [1.29, 1.82) is 0 Å². The van der Waals surface area contributed by atoms with E-state index in [1.165, 1.54) is 12.3 Å². The molecule has 2 N–H and O–H groups in total. The summed E-state index contributed by atoms with van der Waals surface area (Å²) in [6.07, 6.45) is 1.16. The summed E-state index contributed by atoms with van der Waals surface area (Å²) in [5.41, 5.74) is 0.623. The molecule has 1 aromatic carbocycles. The van der Waals surface area contributed by atoms with Gasteiger partial charge < -0.3 is 10.1 Å². The third kappa shape index (κ3) is 2.96. The van der Waals surface area contributed by atoms with Crippen LogP contribution in [0.5, 0.6) is 0 Å². The van der Waals surface area contributed by atoms with Crippen LogP contribution in [0.25, 0.3) is 0 Å². The predicted octanol–water partition coefficient (Wildman–Crippen LogP) is 2.60. The van der Waals surface area contributed by atoms with Crippen LogP contribution in [0.1, 0.15) is 29.4 Å². The van der Waals surface area contributed by atoms with Crippen molar-refractivity contribution in [3.8, 4) is 0 Å². The summed E-state index contributed by atoms with van der Waals surface area (Å²) >= 11 is 0. The van der Waals surface area contributed by atoms with Crippen LogP contribution in [-0.4, -0.2) is 21.0 Å². The Hall–Kier alpha value is -2.24. The highest BCUT2D eigenvalue weighted by atomic mass is 19.1. The second-order valence-electron chi connectivity index (χ2n) is 4.24. The fraction of sp³-hybridized carbons (Fsp3) is 0.231. The van der Waals surface area contributed by atoms with Gasteiger partial charge in [0.2, 0.25) is 0 Å². The van der Waals surface area contributed by atoms with Crippen LogP contribution in [-0.2, 0) is 4.79 Å². The highest BCUT2D eigenvalue weighted by Gasteiger charge is 2.23. The maximum absolute atomic E-state index is 13.8. The van der Waals surface area contributed by atoms with Crippen LogP contribution in [0.15, 0.2) is 24.4 Å². The smallest absolute Gasteiger partial charge is 0.304 e. The number of aromatic nitrogens is 2. The molecule has 19 heavy (non-hydrogen) atoms. The number of hydrogen-bond acceptors (Lipinski definition) is 2. The Morgan fingerprint density at radius 3 is 2.74 bits per heavy atom. The first kappa shape index (κ1) is 13.2. The zero-order chi connectivity index (χ0) is 14.0. The molecular formula is C13H12F2N2O2. The van der Waals surface area contributed by atoms with Gasteiger partial charge in [-0.1, -0.05) is 6.07 Å². The van der Waals surface area contributed by atoms with Crippen molar-refractivity contribution in [3.05, 3.63) is 53.1 Å². The number of aryl methyl sites for hydroxylation is 1. The number of carboxylic acids is 1. The Kier molecular flexibility index (Phi) is 3.59. The van der Waals surface area contributed by atoms with E-state index in [2.05, 4.69) is 9.97 Å². The molecule has 0 bridgehead atoms. The van der Waals surface area contributed by atoms with Crippen LogP contribution in [0.3, 0.4) is 0 Å². The van der Waals surface area contributed by atoms with Gasteiger partial charge in [-0.05, 0) is 18.6 Å². The monoisotopic (exact) mass is 266 g/mol. The largest absolute Gasteiger partial charge is 0.481 e. The van der Waals surface area contributed by atoms with E-state index >= 15 is 0 Å². The SMILES string of the molecule is Cc1ncc(C(CC(=O)O)c2ccc(F)cc2F)[nH]1. The van der Waals surface area contributed by atoms with Gasteiger partial charge in [0.1, 0.15) is 17.5 Å². The summed E-state index contributed by atoms with van der Waals surface area (Å²) < 4.78 is 26.7. The molecule has 0 saturated heterocycles. The number of rotatable bonds is 4. The van der Waals surface area contributed by atoms with E-state index in [9.17, 15) is 13.6 Å². The number of nitrogens with one attached hydrogen (secondary N) is 1. The van der Waals surface area contributed by atoms with E-state index in [-0.39, 0.29) is 12.0 Å². The molecule has 100 valence electrons. The van der Waals surface area contributed by atoms with Crippen molar-refractivity contribution in [1.82, 2.24) is 9.97 Å². The minimum atomic E-state index is -1.07. The molecule has 0 saturated carbocycles. The van der Waals surface area contributed by atoms with Crippen LogP contribution in [0.4, 0.5) is 8.78 Å². The van der Waals surface area contributed by atoms with Crippen LogP contribution >= 0.6 is 0 Å². The van der Waals surface area contributed by atoms with Crippen molar-refractivity contribution in [2.45, 2.75) is 19.3 Å². The van der Waals surface area contributed by atoms with Crippen LogP contribution < -0.4 is 0 Å². The van der Waals surface area contributed by atoms with Crippen molar-refractivity contribution >= 4 is 5.97 Å². The van der Waals surface area contributed by atoms with E-state index in [1.807, 2.05) is 0 Å². The maximum Gasteiger partial charge on any atom is 0.304 e. The first-order valence-corrected chi connectivity index (χ1v) is 5.65. The van der Waals surface area contributed by atoms with Crippen molar-refractivity contribution in [2.24, 2.45) is 0 Å². The molecule has 4 nitrogen and oxygen atoms in total. The van der Waals surface area contributed by atoms with Crippen molar-refractivity contribution < 1.29 is 18.7 Å². The van der Waals surface area contributed by atoms with Crippen LogP contribution in [0, 0.1) is 18.6 Å². The third-order valence-corrected chi connectivity index (χ3v) is 2.81. The summed E-state index contributed by atoms with van der Waals surface area (Å²) in [4.78, 5) is 17.8. The minimum Gasteiger partial charge on any atom is -0.481 e. The molecule has 2 aromatic rings. The number of H-pyrrole nitrogens is 1. The first-order valence-electron chi connectivity index (χ1n) is 5.65. The second kappa shape index (κ2) is 5.17. The van der Waals surface area contributed by atoms with Gasteiger partial charge in [-0.25, -0.2) is 13.8 Å². The van der Waals surface area contributed by atoms with Crippen molar-refractivity contribution in [2.75, 3.05) is 0 Å². The Morgan fingerprint density at radius 1 is 1.47 bits per heavy atom. The fourth-order valence-electron chi connectivity index (χ4n) is 1.96. The molecule has 1 atom stereocenters. The van der Waals surface area contributed by atoms with E-state index in [0.29, 0.717) is 11.5 Å². The molecule has 2 rings (SSSR count). The lowest BCUT2D eigenvalue weighted by Gasteiger charge is -2.14. The topological polar surface area (TPSA) is 66.0 Å². The summed E-state index contributed by atoms with van der Waals surface area (Å²) in [5, 5.41) is 8.93. The van der Waals surface area contributed by atoms with Gasteiger partial charge in [-0.2, -0.15) is 0 Å². The second-order valence-corrected chi connectivity index (χ2v) is 4.24. The predicted molar refractivity (Wildman–Crippen MR) is 63.8 cm³/mol. The van der Waals surface area contributed by atoms with Gasteiger partial charge in [-0.15, -0.1) is 0 Å². The lowest BCUT2D eigenvalue weighted by atomic mass is 9.92. The van der Waals surface area contributed by atoms with Gasteiger partial charge in [0, 0.05) is 23.9 Å². The normalized spacial score (nSPS) is 12.4. The van der Waals surface area contributed by atoms with Gasteiger partial charge in [0.15, 0.2) is 0 Å². The molecule has 0 aliphatic carbocycles. The van der Waals surface area contributed by atoms with Gasteiger partial charge in [0.25, 0.3) is 0 Å². The molecule has 0 fully saturated rings. The number of aliphatic carboxylic acids is 1. The van der Waals surface area contributed by atoms with E-state index < -0.39 is 23.5 Å². The Morgan fingerprint density at radius 2 is 2.21 bits per heavy atom. The lowest BCUT2D eigenvalue weighted by Crippen LogP contribution is -2.10. The Bertz CT molecular complexity index is 610. The molecule has 0 amide bonds. The number of imidazole rings is 1. The molecular weight excluding hydrogens is 254 g/mol. The standard InChI is InChI=1S/C13H12F2N2O2/c1-7-16-6-12(17-7)10(5-13(18)19)9-3-2-8(14)4-11(9)15/h2-4,6,10H,5H2,1H3,(H,16,17)(H,18,19). The number of halogens is 2. The minimum absolute atomic E-state index is 0.132. The van der Waals surface area contributed by atoms with Gasteiger partial charge in [-0.3, -0.25) is 4.79 Å². The van der Waals surface area contributed by atoms with E-state index in [4.69, 9.17) is 5.11 Å². The number of hydrogen-bond donors (Lipinski definition) is 2. The summed E-state index contributed by atoms with van der Waals surface area (Å²) in [6, 6.07) is 3.11. The number of nitrogens with zero attached hydrogens (tertiary/aromatic N) is 1. The molecule has 1 heterocycles.